The van der Waals surface area contributed by atoms with Crippen LogP contribution in [-0.4, -0.2) is 23.0 Å². The van der Waals surface area contributed by atoms with Crippen LogP contribution in [-0.2, 0) is 4.79 Å². The molecule has 0 aromatic heterocycles. The average molecular weight is 347 g/mol. The van der Waals surface area contributed by atoms with Gasteiger partial charge in [0.2, 0.25) is 0 Å². The molecule has 0 fully saturated rings. The lowest BCUT2D eigenvalue weighted by Gasteiger charge is -2.16. The van der Waals surface area contributed by atoms with Gasteiger partial charge in [-0.1, -0.05) is 41.9 Å². The van der Waals surface area contributed by atoms with Crippen molar-refractivity contribution in [3.05, 3.63) is 64.7 Å². The van der Waals surface area contributed by atoms with Gasteiger partial charge in [0.25, 0.3) is 11.8 Å². The van der Waals surface area contributed by atoms with Gasteiger partial charge in [0.05, 0.1) is 11.3 Å². The fourth-order valence-corrected chi connectivity index (χ4v) is 2.32. The Balaban J connectivity index is 2.23. The number of amides is 2. The maximum absolute atomic E-state index is 12.3. The molecule has 0 aliphatic carbocycles. The zero-order chi connectivity index (χ0) is 17.7. The molecule has 0 radical (unpaired) electrons. The van der Waals surface area contributed by atoms with Crippen molar-refractivity contribution in [2.75, 3.05) is 5.32 Å². The summed E-state index contributed by atoms with van der Waals surface area (Å²) in [6.45, 7) is 3.68. The van der Waals surface area contributed by atoms with Crippen molar-refractivity contribution < 1.29 is 14.7 Å². The van der Waals surface area contributed by atoms with E-state index in [0.29, 0.717) is 10.6 Å². The quantitative estimate of drug-likeness (QED) is 0.778. The Bertz CT molecular complexity index is 732. The zero-order valence-corrected chi connectivity index (χ0v) is 14.2. The fraction of sp³-hybridized carbons (Fsp3) is 0.222. The molecule has 1 atom stereocenters. The maximum Gasteiger partial charge on any atom is 0.257 e. The molecule has 5 nitrogen and oxygen atoms in total. The molecule has 126 valence electrons. The van der Waals surface area contributed by atoms with Crippen LogP contribution in [0.1, 0.15) is 35.9 Å². The summed E-state index contributed by atoms with van der Waals surface area (Å²) in [4.78, 5) is 24.5. The van der Waals surface area contributed by atoms with Crippen LogP contribution in [0, 0.1) is 0 Å². The van der Waals surface area contributed by atoms with Crippen LogP contribution < -0.4 is 10.6 Å². The number of aliphatic hydroxyl groups is 1. The summed E-state index contributed by atoms with van der Waals surface area (Å²) in [5.74, 6) is -0.965. The smallest absolute Gasteiger partial charge is 0.257 e. The third kappa shape index (κ3) is 4.57. The van der Waals surface area contributed by atoms with Crippen LogP contribution in [0.15, 0.2) is 48.5 Å². The molecular formula is C18H19ClN2O3. The van der Waals surface area contributed by atoms with E-state index in [9.17, 15) is 14.7 Å². The Morgan fingerprint density at radius 3 is 2.38 bits per heavy atom. The minimum Gasteiger partial charge on any atom is -0.378 e. The van der Waals surface area contributed by atoms with Crippen molar-refractivity contribution in [1.29, 1.82) is 0 Å². The molecule has 2 amide bonds. The van der Waals surface area contributed by atoms with E-state index in [1.807, 2.05) is 13.8 Å². The van der Waals surface area contributed by atoms with Crippen LogP contribution in [0.25, 0.3) is 0 Å². The van der Waals surface area contributed by atoms with E-state index in [1.165, 1.54) is 12.1 Å². The third-order valence-electron chi connectivity index (χ3n) is 3.27. The van der Waals surface area contributed by atoms with E-state index >= 15 is 0 Å². The maximum atomic E-state index is 12.3. The first-order valence-electron chi connectivity index (χ1n) is 7.52. The van der Waals surface area contributed by atoms with Crippen LogP contribution in [0.2, 0.25) is 5.02 Å². The summed E-state index contributed by atoms with van der Waals surface area (Å²) in [5, 5.41) is 15.9. The number of benzene rings is 2. The largest absolute Gasteiger partial charge is 0.378 e. The van der Waals surface area contributed by atoms with Crippen molar-refractivity contribution in [1.82, 2.24) is 5.32 Å². The first-order chi connectivity index (χ1) is 11.4. The van der Waals surface area contributed by atoms with Gasteiger partial charge < -0.3 is 15.7 Å². The molecule has 6 heteroatoms. The lowest BCUT2D eigenvalue weighted by molar-refractivity contribution is -0.124. The predicted octanol–water partition coefficient (Wildman–Crippen LogP) is 3.15. The number of rotatable bonds is 5. The third-order valence-corrected chi connectivity index (χ3v) is 3.50. The zero-order valence-electron chi connectivity index (χ0n) is 13.4. The lowest BCUT2D eigenvalue weighted by Crippen LogP contribution is -2.31. The molecule has 0 aliphatic rings. The summed E-state index contributed by atoms with van der Waals surface area (Å²) in [6, 6.07) is 13.1. The molecular weight excluding hydrogens is 328 g/mol. The number of carbonyl (C=O) groups excluding carboxylic acids is 2. The van der Waals surface area contributed by atoms with E-state index < -0.39 is 12.0 Å². The van der Waals surface area contributed by atoms with Crippen LogP contribution in [0.3, 0.4) is 0 Å². The first-order valence-corrected chi connectivity index (χ1v) is 7.90. The SMILES string of the molecule is CC(C)NC(=O)c1ccc(Cl)cc1NC(=O)C(O)c1ccccc1. The van der Waals surface area contributed by atoms with Gasteiger partial charge in [-0.25, -0.2) is 0 Å². The van der Waals surface area contributed by atoms with Gasteiger partial charge >= 0.3 is 0 Å². The van der Waals surface area contributed by atoms with Crippen LogP contribution >= 0.6 is 11.6 Å². The molecule has 2 aromatic carbocycles. The van der Waals surface area contributed by atoms with Crippen molar-refractivity contribution in [3.8, 4) is 0 Å². The highest BCUT2D eigenvalue weighted by Crippen LogP contribution is 2.23. The summed E-state index contributed by atoms with van der Waals surface area (Å²) < 4.78 is 0. The summed E-state index contributed by atoms with van der Waals surface area (Å²) in [5.41, 5.74) is 0.993. The molecule has 0 saturated carbocycles. The Morgan fingerprint density at radius 1 is 1.08 bits per heavy atom. The first kappa shape index (κ1) is 18.0. The Labute approximate surface area is 145 Å². The van der Waals surface area contributed by atoms with Gasteiger partial charge in [0.15, 0.2) is 6.10 Å². The molecule has 0 aliphatic heterocycles. The Hall–Kier alpha value is -2.37. The number of carbonyl (C=O) groups is 2. The second-order valence-corrected chi connectivity index (χ2v) is 6.06. The van der Waals surface area contributed by atoms with Gasteiger partial charge in [-0.3, -0.25) is 9.59 Å². The molecule has 3 N–H and O–H groups in total. The highest BCUT2D eigenvalue weighted by molar-refractivity contribution is 6.31. The summed E-state index contributed by atoms with van der Waals surface area (Å²) >= 11 is 5.96. The van der Waals surface area contributed by atoms with E-state index in [0.717, 1.165) is 0 Å². The summed E-state index contributed by atoms with van der Waals surface area (Å²) in [6.07, 6.45) is -1.34. The van der Waals surface area contributed by atoms with Crippen LogP contribution in [0.5, 0.6) is 0 Å². The monoisotopic (exact) mass is 346 g/mol. The molecule has 0 saturated heterocycles. The number of hydrogen-bond donors (Lipinski definition) is 3. The molecule has 2 rings (SSSR count). The lowest BCUT2D eigenvalue weighted by atomic mass is 10.1. The van der Waals surface area contributed by atoms with E-state index in [-0.39, 0.29) is 23.2 Å². The van der Waals surface area contributed by atoms with Gasteiger partial charge in [-0.05, 0) is 37.6 Å². The van der Waals surface area contributed by atoms with Gasteiger partial charge in [-0.15, -0.1) is 0 Å². The molecule has 1 unspecified atom stereocenters. The second kappa shape index (κ2) is 7.95. The number of anilines is 1. The minimum absolute atomic E-state index is 0.0494. The highest BCUT2D eigenvalue weighted by Gasteiger charge is 2.20. The molecule has 2 aromatic rings. The molecule has 0 heterocycles. The standard InChI is InChI=1S/C18H19ClN2O3/c1-11(2)20-17(23)14-9-8-13(19)10-15(14)21-18(24)16(22)12-6-4-3-5-7-12/h3-11,16,22H,1-2H3,(H,20,23)(H,21,24). The molecule has 0 bridgehead atoms. The normalized spacial score (nSPS) is 11.9. The van der Waals surface area contributed by atoms with Gasteiger partial charge in [-0.2, -0.15) is 0 Å². The predicted molar refractivity (Wildman–Crippen MR) is 94.1 cm³/mol. The average Bonchev–Trinajstić information content (AvgIpc) is 2.54. The highest BCUT2D eigenvalue weighted by atomic mass is 35.5. The van der Waals surface area contributed by atoms with Crippen molar-refractivity contribution in [2.24, 2.45) is 0 Å². The second-order valence-electron chi connectivity index (χ2n) is 5.62. The van der Waals surface area contributed by atoms with Crippen molar-refractivity contribution in [2.45, 2.75) is 26.0 Å². The van der Waals surface area contributed by atoms with E-state index in [4.69, 9.17) is 11.6 Å². The topological polar surface area (TPSA) is 78.4 Å². The summed E-state index contributed by atoms with van der Waals surface area (Å²) in [7, 11) is 0. The Morgan fingerprint density at radius 2 is 1.75 bits per heavy atom. The number of nitrogens with one attached hydrogen (secondary N) is 2. The number of hydrogen-bond acceptors (Lipinski definition) is 3. The van der Waals surface area contributed by atoms with Gasteiger partial charge in [0, 0.05) is 11.1 Å². The fourth-order valence-electron chi connectivity index (χ4n) is 2.15. The number of halogens is 1. The van der Waals surface area contributed by atoms with Crippen LogP contribution in [0.4, 0.5) is 5.69 Å². The van der Waals surface area contributed by atoms with Crippen molar-refractivity contribution >= 4 is 29.1 Å². The Kier molecular flexibility index (Phi) is 5.95. The molecule has 0 spiro atoms. The molecule has 24 heavy (non-hydrogen) atoms. The minimum atomic E-state index is -1.34. The van der Waals surface area contributed by atoms with Gasteiger partial charge in [0.1, 0.15) is 0 Å². The number of aliphatic hydroxyl groups excluding tert-OH is 1. The van der Waals surface area contributed by atoms with E-state index in [1.54, 1.807) is 36.4 Å². The van der Waals surface area contributed by atoms with E-state index in [2.05, 4.69) is 10.6 Å². The van der Waals surface area contributed by atoms with Crippen molar-refractivity contribution in [3.63, 3.8) is 0 Å².